The standard InChI is InChI=1S/C17H20N4O2/c22-17(18-11-14-12-20-6-8-21(14)9-7-20)15-10-16(23-19-15)13-4-2-1-3-5-13/h1-5,10,14H,6-9,11-12H2,(H,18,22). The van der Waals surface area contributed by atoms with Gasteiger partial charge in [-0.15, -0.1) is 0 Å². The predicted molar refractivity (Wildman–Crippen MR) is 86.1 cm³/mol. The van der Waals surface area contributed by atoms with Crippen LogP contribution in [-0.2, 0) is 0 Å². The summed E-state index contributed by atoms with van der Waals surface area (Å²) < 4.78 is 5.28. The third-order valence-corrected chi connectivity index (χ3v) is 4.69. The summed E-state index contributed by atoms with van der Waals surface area (Å²) in [5, 5.41) is 6.88. The highest BCUT2D eigenvalue weighted by molar-refractivity contribution is 5.93. The van der Waals surface area contributed by atoms with Crippen LogP contribution in [0.25, 0.3) is 11.3 Å². The Balaban J connectivity index is 1.37. The van der Waals surface area contributed by atoms with Crippen LogP contribution >= 0.6 is 0 Å². The first-order valence-electron chi connectivity index (χ1n) is 8.06. The van der Waals surface area contributed by atoms with Gasteiger partial charge in [-0.3, -0.25) is 14.6 Å². The van der Waals surface area contributed by atoms with Crippen molar-refractivity contribution in [2.24, 2.45) is 0 Å². The first-order valence-corrected chi connectivity index (χ1v) is 8.06. The Labute approximate surface area is 135 Å². The summed E-state index contributed by atoms with van der Waals surface area (Å²) in [6, 6.07) is 11.8. The van der Waals surface area contributed by atoms with Crippen LogP contribution < -0.4 is 5.32 Å². The van der Waals surface area contributed by atoms with Gasteiger partial charge in [0.2, 0.25) is 0 Å². The van der Waals surface area contributed by atoms with Crippen molar-refractivity contribution in [1.82, 2.24) is 20.3 Å². The monoisotopic (exact) mass is 312 g/mol. The number of hydrogen-bond acceptors (Lipinski definition) is 5. The third-order valence-electron chi connectivity index (χ3n) is 4.69. The molecule has 3 aliphatic heterocycles. The van der Waals surface area contributed by atoms with Gasteiger partial charge < -0.3 is 9.84 Å². The minimum atomic E-state index is -0.173. The Kier molecular flexibility index (Phi) is 3.85. The average Bonchev–Trinajstić information content (AvgIpc) is 3.12. The number of piperazine rings is 3. The average molecular weight is 312 g/mol. The molecule has 1 aromatic heterocycles. The predicted octanol–water partition coefficient (Wildman–Crippen LogP) is 1.07. The number of aromatic nitrogens is 1. The molecule has 3 fully saturated rings. The summed E-state index contributed by atoms with van der Waals surface area (Å²) in [6.07, 6.45) is 0. The van der Waals surface area contributed by atoms with E-state index in [0.717, 1.165) is 38.3 Å². The van der Waals surface area contributed by atoms with Crippen molar-refractivity contribution in [2.75, 3.05) is 39.3 Å². The molecule has 0 radical (unpaired) electrons. The lowest BCUT2D eigenvalue weighted by atomic mass is 10.1. The summed E-state index contributed by atoms with van der Waals surface area (Å²) >= 11 is 0. The van der Waals surface area contributed by atoms with Gasteiger partial charge >= 0.3 is 0 Å². The zero-order valence-corrected chi connectivity index (χ0v) is 12.9. The van der Waals surface area contributed by atoms with Gasteiger partial charge in [0.15, 0.2) is 11.5 Å². The number of hydrogen-bond donors (Lipinski definition) is 1. The molecule has 1 amide bonds. The molecule has 3 aliphatic rings. The summed E-state index contributed by atoms with van der Waals surface area (Å²) in [4.78, 5) is 17.2. The summed E-state index contributed by atoms with van der Waals surface area (Å²) in [6.45, 7) is 6.19. The van der Waals surface area contributed by atoms with E-state index < -0.39 is 0 Å². The molecule has 4 heterocycles. The molecule has 2 bridgehead atoms. The van der Waals surface area contributed by atoms with Crippen molar-refractivity contribution in [3.8, 4) is 11.3 Å². The summed E-state index contributed by atoms with van der Waals surface area (Å²) in [5.41, 5.74) is 1.25. The highest BCUT2D eigenvalue weighted by Gasteiger charge is 2.31. The number of nitrogens with one attached hydrogen (secondary N) is 1. The molecule has 2 aromatic rings. The van der Waals surface area contributed by atoms with Crippen LogP contribution in [-0.4, -0.2) is 66.2 Å². The third kappa shape index (κ3) is 3.00. The SMILES string of the molecule is O=C(NCC1CN2CCN1CC2)c1cc(-c2ccccc2)on1. The maximum Gasteiger partial charge on any atom is 0.273 e. The number of fused-ring (bicyclic) bond motifs is 3. The Morgan fingerprint density at radius 2 is 2.00 bits per heavy atom. The second-order valence-corrected chi connectivity index (χ2v) is 6.14. The summed E-state index contributed by atoms with van der Waals surface area (Å²) in [7, 11) is 0. The molecule has 6 heteroatoms. The van der Waals surface area contributed by atoms with Crippen molar-refractivity contribution in [2.45, 2.75) is 6.04 Å². The molecule has 0 spiro atoms. The Hall–Kier alpha value is -2.18. The van der Waals surface area contributed by atoms with E-state index in [9.17, 15) is 4.79 Å². The molecule has 5 rings (SSSR count). The van der Waals surface area contributed by atoms with Gasteiger partial charge in [-0.2, -0.15) is 0 Å². The Morgan fingerprint density at radius 1 is 1.22 bits per heavy atom. The van der Waals surface area contributed by atoms with Crippen LogP contribution in [0.3, 0.4) is 0 Å². The number of amides is 1. The highest BCUT2D eigenvalue weighted by atomic mass is 16.5. The van der Waals surface area contributed by atoms with Crippen LogP contribution in [0, 0.1) is 0 Å². The molecular formula is C17H20N4O2. The lowest BCUT2D eigenvalue weighted by Gasteiger charge is -2.47. The van der Waals surface area contributed by atoms with E-state index in [1.807, 2.05) is 30.3 Å². The molecule has 23 heavy (non-hydrogen) atoms. The molecule has 120 valence electrons. The topological polar surface area (TPSA) is 61.6 Å². The van der Waals surface area contributed by atoms with Gasteiger partial charge in [0.05, 0.1) is 0 Å². The molecule has 1 atom stereocenters. The second-order valence-electron chi connectivity index (χ2n) is 6.14. The van der Waals surface area contributed by atoms with Crippen molar-refractivity contribution in [3.05, 3.63) is 42.1 Å². The van der Waals surface area contributed by atoms with Crippen molar-refractivity contribution < 1.29 is 9.32 Å². The van der Waals surface area contributed by atoms with Crippen LogP contribution in [0.5, 0.6) is 0 Å². The number of carbonyl (C=O) groups is 1. The smallest absolute Gasteiger partial charge is 0.273 e. The van der Waals surface area contributed by atoms with E-state index in [2.05, 4.69) is 20.3 Å². The molecule has 1 aromatic carbocycles. The molecule has 1 N–H and O–H groups in total. The van der Waals surface area contributed by atoms with Gasteiger partial charge in [0.25, 0.3) is 5.91 Å². The summed E-state index contributed by atoms with van der Waals surface area (Å²) in [5.74, 6) is 0.441. The van der Waals surface area contributed by atoms with E-state index >= 15 is 0 Å². The lowest BCUT2D eigenvalue weighted by molar-refractivity contribution is 0.0138. The van der Waals surface area contributed by atoms with Crippen molar-refractivity contribution >= 4 is 5.91 Å². The highest BCUT2D eigenvalue weighted by Crippen LogP contribution is 2.20. The number of nitrogens with zero attached hydrogens (tertiary/aromatic N) is 3. The van der Waals surface area contributed by atoms with Gasteiger partial charge in [0, 0.05) is 56.9 Å². The number of carbonyl (C=O) groups excluding carboxylic acids is 1. The van der Waals surface area contributed by atoms with Crippen molar-refractivity contribution in [1.29, 1.82) is 0 Å². The van der Waals surface area contributed by atoms with Crippen LogP contribution in [0.2, 0.25) is 0 Å². The van der Waals surface area contributed by atoms with E-state index in [0.29, 0.717) is 24.0 Å². The number of rotatable bonds is 4. The second kappa shape index (κ2) is 6.14. The zero-order chi connectivity index (χ0) is 15.6. The van der Waals surface area contributed by atoms with Gasteiger partial charge in [-0.05, 0) is 0 Å². The molecular weight excluding hydrogens is 292 g/mol. The minimum absolute atomic E-state index is 0.173. The largest absolute Gasteiger partial charge is 0.355 e. The molecule has 1 unspecified atom stereocenters. The molecule has 3 saturated heterocycles. The van der Waals surface area contributed by atoms with Gasteiger partial charge in [-0.25, -0.2) is 0 Å². The Bertz CT molecular complexity index is 677. The first kappa shape index (κ1) is 14.4. The van der Waals surface area contributed by atoms with E-state index in [-0.39, 0.29) is 5.91 Å². The van der Waals surface area contributed by atoms with E-state index in [1.54, 1.807) is 6.07 Å². The quantitative estimate of drug-likeness (QED) is 0.915. The fourth-order valence-corrected chi connectivity index (χ4v) is 3.34. The first-order chi connectivity index (χ1) is 11.3. The minimum Gasteiger partial charge on any atom is -0.355 e. The normalized spacial score (nSPS) is 26.2. The lowest BCUT2D eigenvalue weighted by Crippen LogP contribution is -2.63. The van der Waals surface area contributed by atoms with Crippen LogP contribution in [0.4, 0.5) is 0 Å². The maximum absolute atomic E-state index is 12.3. The zero-order valence-electron chi connectivity index (χ0n) is 12.9. The van der Waals surface area contributed by atoms with Crippen LogP contribution in [0.1, 0.15) is 10.5 Å². The fraction of sp³-hybridized carbons (Fsp3) is 0.412. The molecule has 6 nitrogen and oxygen atoms in total. The molecule has 0 aliphatic carbocycles. The van der Waals surface area contributed by atoms with Crippen LogP contribution in [0.15, 0.2) is 40.9 Å². The Morgan fingerprint density at radius 3 is 2.70 bits per heavy atom. The maximum atomic E-state index is 12.3. The van der Waals surface area contributed by atoms with Crippen molar-refractivity contribution in [3.63, 3.8) is 0 Å². The van der Waals surface area contributed by atoms with Gasteiger partial charge in [-0.1, -0.05) is 35.5 Å². The molecule has 0 saturated carbocycles. The van der Waals surface area contributed by atoms with Gasteiger partial charge in [0.1, 0.15) is 0 Å². The fourth-order valence-electron chi connectivity index (χ4n) is 3.34. The number of benzene rings is 1. The van der Waals surface area contributed by atoms with E-state index in [1.165, 1.54) is 0 Å². The van der Waals surface area contributed by atoms with E-state index in [4.69, 9.17) is 4.52 Å².